The van der Waals surface area contributed by atoms with Gasteiger partial charge in [0, 0.05) is 5.02 Å². The van der Waals surface area contributed by atoms with E-state index in [1.54, 1.807) is 0 Å². The summed E-state index contributed by atoms with van der Waals surface area (Å²) in [5, 5.41) is 4.66. The van der Waals surface area contributed by atoms with Gasteiger partial charge in [-0.1, -0.05) is 11.6 Å². The standard InChI is InChI=1S/C9H9ClFNO4S/c1-2-16-9(13)6-3-5(10)4-7(8(6)11)17(12,14)15/h3-4H,2H2,1H3,(H2,12,14,15). The minimum Gasteiger partial charge on any atom is -0.462 e. The topological polar surface area (TPSA) is 86.5 Å². The lowest BCUT2D eigenvalue weighted by Gasteiger charge is -2.07. The maximum atomic E-state index is 13.7. The van der Waals surface area contributed by atoms with Crippen molar-refractivity contribution in [2.45, 2.75) is 11.8 Å². The van der Waals surface area contributed by atoms with E-state index in [9.17, 15) is 17.6 Å². The fraction of sp³-hybridized carbons (Fsp3) is 0.222. The molecule has 0 heterocycles. The zero-order valence-electron chi connectivity index (χ0n) is 8.74. The Hall–Kier alpha value is -1.18. The SMILES string of the molecule is CCOC(=O)c1cc(Cl)cc(S(N)(=O)=O)c1F. The van der Waals surface area contributed by atoms with E-state index in [2.05, 4.69) is 4.74 Å². The summed E-state index contributed by atoms with van der Waals surface area (Å²) >= 11 is 5.58. The average Bonchev–Trinajstić information content (AvgIpc) is 2.19. The van der Waals surface area contributed by atoms with Gasteiger partial charge in [0.2, 0.25) is 10.0 Å². The Morgan fingerprint density at radius 3 is 2.59 bits per heavy atom. The van der Waals surface area contributed by atoms with Crippen LogP contribution in [0.25, 0.3) is 0 Å². The molecule has 0 aliphatic heterocycles. The van der Waals surface area contributed by atoms with E-state index in [0.717, 1.165) is 12.1 Å². The van der Waals surface area contributed by atoms with Crippen LogP contribution < -0.4 is 5.14 Å². The Bertz CT molecular complexity index is 558. The number of halogens is 2. The highest BCUT2D eigenvalue weighted by Gasteiger charge is 2.23. The van der Waals surface area contributed by atoms with Crippen LogP contribution in [-0.2, 0) is 14.8 Å². The molecule has 5 nitrogen and oxygen atoms in total. The number of esters is 1. The third kappa shape index (κ3) is 3.15. The predicted octanol–water partition coefficient (Wildman–Crippen LogP) is 1.30. The van der Waals surface area contributed by atoms with Crippen LogP contribution in [0.3, 0.4) is 0 Å². The first kappa shape index (κ1) is 13.9. The van der Waals surface area contributed by atoms with Crippen molar-refractivity contribution in [3.05, 3.63) is 28.5 Å². The highest BCUT2D eigenvalue weighted by molar-refractivity contribution is 7.89. The van der Waals surface area contributed by atoms with Gasteiger partial charge in [-0.2, -0.15) is 0 Å². The fourth-order valence-electron chi connectivity index (χ4n) is 1.13. The highest BCUT2D eigenvalue weighted by atomic mass is 35.5. The first-order valence-electron chi connectivity index (χ1n) is 4.46. The van der Waals surface area contributed by atoms with Crippen LogP contribution in [0, 0.1) is 5.82 Å². The van der Waals surface area contributed by atoms with Gasteiger partial charge < -0.3 is 4.74 Å². The molecule has 0 bridgehead atoms. The number of sulfonamides is 1. The molecule has 0 aromatic heterocycles. The van der Waals surface area contributed by atoms with E-state index < -0.39 is 32.3 Å². The van der Waals surface area contributed by atoms with E-state index in [4.69, 9.17) is 16.7 Å². The molecular formula is C9H9ClFNO4S. The second-order valence-corrected chi connectivity index (χ2v) is 5.00. The van der Waals surface area contributed by atoms with Crippen LogP contribution in [0.2, 0.25) is 5.02 Å². The molecule has 8 heteroatoms. The molecule has 1 aromatic rings. The van der Waals surface area contributed by atoms with Crippen LogP contribution in [0.15, 0.2) is 17.0 Å². The van der Waals surface area contributed by atoms with Crippen molar-refractivity contribution >= 4 is 27.6 Å². The Morgan fingerprint density at radius 1 is 1.53 bits per heavy atom. The molecule has 1 rings (SSSR count). The number of nitrogens with two attached hydrogens (primary N) is 1. The van der Waals surface area contributed by atoms with Crippen molar-refractivity contribution in [2.24, 2.45) is 5.14 Å². The van der Waals surface area contributed by atoms with Crippen LogP contribution in [-0.4, -0.2) is 21.0 Å². The fourth-order valence-corrected chi connectivity index (χ4v) is 2.06. The van der Waals surface area contributed by atoms with E-state index in [0.29, 0.717) is 0 Å². The highest BCUT2D eigenvalue weighted by Crippen LogP contribution is 2.23. The van der Waals surface area contributed by atoms with Gasteiger partial charge in [-0.25, -0.2) is 22.7 Å². The molecule has 0 saturated heterocycles. The van der Waals surface area contributed by atoms with Gasteiger partial charge in [0.15, 0.2) is 5.82 Å². The molecule has 0 aliphatic rings. The van der Waals surface area contributed by atoms with Crippen molar-refractivity contribution in [1.29, 1.82) is 0 Å². The second-order valence-electron chi connectivity index (χ2n) is 3.03. The number of ether oxygens (including phenoxy) is 1. The van der Waals surface area contributed by atoms with Gasteiger partial charge in [-0.05, 0) is 19.1 Å². The minimum atomic E-state index is -4.29. The Balaban J connectivity index is 3.44. The largest absolute Gasteiger partial charge is 0.462 e. The Labute approximate surface area is 102 Å². The van der Waals surface area contributed by atoms with Crippen molar-refractivity contribution in [1.82, 2.24) is 0 Å². The van der Waals surface area contributed by atoms with Crippen LogP contribution in [0.5, 0.6) is 0 Å². The maximum absolute atomic E-state index is 13.7. The lowest BCUT2D eigenvalue weighted by atomic mass is 10.2. The first-order valence-corrected chi connectivity index (χ1v) is 6.38. The molecule has 0 atom stereocenters. The van der Waals surface area contributed by atoms with Crippen LogP contribution >= 0.6 is 11.6 Å². The van der Waals surface area contributed by atoms with E-state index in [1.165, 1.54) is 6.92 Å². The van der Waals surface area contributed by atoms with Gasteiger partial charge >= 0.3 is 5.97 Å². The summed E-state index contributed by atoms with van der Waals surface area (Å²) in [4.78, 5) is 10.5. The number of carbonyl (C=O) groups is 1. The van der Waals surface area contributed by atoms with Crippen LogP contribution in [0.4, 0.5) is 4.39 Å². The molecular weight excluding hydrogens is 273 g/mol. The lowest BCUT2D eigenvalue weighted by Crippen LogP contribution is -2.17. The Kier molecular flexibility index (Phi) is 4.07. The predicted molar refractivity (Wildman–Crippen MR) is 58.7 cm³/mol. The molecule has 0 amide bonds. The number of carbonyl (C=O) groups excluding carboxylic acids is 1. The van der Waals surface area contributed by atoms with Crippen molar-refractivity contribution in [3.8, 4) is 0 Å². The number of rotatable bonds is 3. The van der Waals surface area contributed by atoms with Gasteiger partial charge in [0.05, 0.1) is 12.2 Å². The summed E-state index contributed by atoms with van der Waals surface area (Å²) in [6.45, 7) is 1.55. The van der Waals surface area contributed by atoms with Gasteiger partial charge in [0.1, 0.15) is 4.90 Å². The van der Waals surface area contributed by atoms with Crippen molar-refractivity contribution < 1.29 is 22.3 Å². The van der Waals surface area contributed by atoms with Crippen molar-refractivity contribution in [3.63, 3.8) is 0 Å². The molecule has 17 heavy (non-hydrogen) atoms. The van der Waals surface area contributed by atoms with Crippen LogP contribution in [0.1, 0.15) is 17.3 Å². The van der Waals surface area contributed by atoms with Gasteiger partial charge in [-0.3, -0.25) is 0 Å². The summed E-state index contributed by atoms with van der Waals surface area (Å²) in [6.07, 6.45) is 0. The molecule has 0 fully saturated rings. The zero-order valence-corrected chi connectivity index (χ0v) is 10.3. The summed E-state index contributed by atoms with van der Waals surface area (Å²) in [6, 6.07) is 1.80. The molecule has 94 valence electrons. The average molecular weight is 282 g/mol. The smallest absolute Gasteiger partial charge is 0.341 e. The maximum Gasteiger partial charge on any atom is 0.341 e. The third-order valence-electron chi connectivity index (χ3n) is 1.81. The molecule has 0 radical (unpaired) electrons. The normalized spacial score (nSPS) is 11.3. The zero-order chi connectivity index (χ0) is 13.2. The van der Waals surface area contributed by atoms with Gasteiger partial charge in [0.25, 0.3) is 0 Å². The summed E-state index contributed by atoms with van der Waals surface area (Å²) in [5.74, 6) is -2.27. The van der Waals surface area contributed by atoms with E-state index >= 15 is 0 Å². The monoisotopic (exact) mass is 281 g/mol. The molecule has 0 saturated carbocycles. The number of hydrogen-bond acceptors (Lipinski definition) is 4. The molecule has 0 aliphatic carbocycles. The third-order valence-corrected chi connectivity index (χ3v) is 2.93. The second kappa shape index (κ2) is 4.99. The summed E-state index contributed by atoms with van der Waals surface area (Å²) < 4.78 is 40.4. The number of hydrogen-bond donors (Lipinski definition) is 1. The Morgan fingerprint density at radius 2 is 2.12 bits per heavy atom. The minimum absolute atomic E-state index is 0.0233. The van der Waals surface area contributed by atoms with E-state index in [1.807, 2.05) is 0 Å². The van der Waals surface area contributed by atoms with E-state index in [-0.39, 0.29) is 11.6 Å². The molecule has 0 unspecified atom stereocenters. The molecule has 0 spiro atoms. The number of benzene rings is 1. The quantitative estimate of drug-likeness (QED) is 0.846. The van der Waals surface area contributed by atoms with Crippen molar-refractivity contribution in [2.75, 3.05) is 6.61 Å². The lowest BCUT2D eigenvalue weighted by molar-refractivity contribution is 0.0520. The first-order chi connectivity index (χ1) is 7.77. The summed E-state index contributed by atoms with van der Waals surface area (Å²) in [5.41, 5.74) is -0.566. The van der Waals surface area contributed by atoms with Gasteiger partial charge in [-0.15, -0.1) is 0 Å². The number of primary sulfonamides is 1. The molecule has 1 aromatic carbocycles. The summed E-state index contributed by atoms with van der Waals surface area (Å²) in [7, 11) is -4.29. The molecule has 2 N–H and O–H groups in total.